The SMILES string of the molecule is Cc1ccc([C@H](CNC(=O)NCC2=CCN(C)CC2)N2CCCC2)o1. The van der Waals surface area contributed by atoms with Crippen LogP contribution in [-0.4, -0.2) is 62.1 Å². The number of aryl methyl sites for hydroxylation is 1. The van der Waals surface area contributed by atoms with Crippen LogP contribution in [0.15, 0.2) is 28.2 Å². The minimum absolute atomic E-state index is 0.104. The van der Waals surface area contributed by atoms with E-state index in [1.165, 1.54) is 18.4 Å². The van der Waals surface area contributed by atoms with Gasteiger partial charge in [0.15, 0.2) is 0 Å². The van der Waals surface area contributed by atoms with E-state index in [-0.39, 0.29) is 12.1 Å². The highest BCUT2D eigenvalue weighted by atomic mass is 16.3. The Morgan fingerprint density at radius 3 is 2.68 bits per heavy atom. The number of likely N-dealkylation sites (N-methyl/N-ethyl adjacent to an activating group) is 1. The summed E-state index contributed by atoms with van der Waals surface area (Å²) in [6.45, 7) is 7.31. The van der Waals surface area contributed by atoms with Crippen molar-refractivity contribution in [2.45, 2.75) is 32.2 Å². The monoisotopic (exact) mass is 346 g/mol. The van der Waals surface area contributed by atoms with Gasteiger partial charge >= 0.3 is 6.03 Å². The Hall–Kier alpha value is -1.79. The predicted octanol–water partition coefficient (Wildman–Crippen LogP) is 2.29. The second kappa shape index (κ2) is 8.54. The van der Waals surface area contributed by atoms with E-state index in [9.17, 15) is 4.79 Å². The van der Waals surface area contributed by atoms with Crippen molar-refractivity contribution in [3.8, 4) is 0 Å². The highest BCUT2D eigenvalue weighted by Crippen LogP contribution is 2.26. The molecular weight excluding hydrogens is 316 g/mol. The largest absolute Gasteiger partial charge is 0.465 e. The van der Waals surface area contributed by atoms with Crippen LogP contribution in [0.4, 0.5) is 4.79 Å². The van der Waals surface area contributed by atoms with Crippen LogP contribution in [0.5, 0.6) is 0 Å². The number of carbonyl (C=O) groups is 1. The van der Waals surface area contributed by atoms with Crippen LogP contribution in [0.3, 0.4) is 0 Å². The van der Waals surface area contributed by atoms with E-state index >= 15 is 0 Å². The fraction of sp³-hybridized carbons (Fsp3) is 0.632. The van der Waals surface area contributed by atoms with Gasteiger partial charge in [0.1, 0.15) is 11.5 Å². The quantitative estimate of drug-likeness (QED) is 0.776. The number of likely N-dealkylation sites (tertiary alicyclic amines) is 1. The van der Waals surface area contributed by atoms with Crippen molar-refractivity contribution < 1.29 is 9.21 Å². The zero-order valence-corrected chi connectivity index (χ0v) is 15.4. The Kier molecular flexibility index (Phi) is 6.15. The van der Waals surface area contributed by atoms with E-state index in [0.717, 1.165) is 44.1 Å². The van der Waals surface area contributed by atoms with Crippen LogP contribution in [0.25, 0.3) is 0 Å². The molecule has 0 aliphatic carbocycles. The summed E-state index contributed by atoms with van der Waals surface area (Å²) in [7, 11) is 2.11. The first kappa shape index (κ1) is 18.0. The lowest BCUT2D eigenvalue weighted by molar-refractivity contribution is 0.202. The summed E-state index contributed by atoms with van der Waals surface area (Å²) >= 11 is 0. The summed E-state index contributed by atoms with van der Waals surface area (Å²) in [4.78, 5) is 16.9. The van der Waals surface area contributed by atoms with Crippen molar-refractivity contribution in [2.75, 3.05) is 46.3 Å². The van der Waals surface area contributed by atoms with E-state index in [4.69, 9.17) is 4.42 Å². The first-order chi connectivity index (χ1) is 12.1. The van der Waals surface area contributed by atoms with Gasteiger partial charge in [0, 0.05) is 26.2 Å². The molecule has 1 atom stereocenters. The molecule has 2 aliphatic rings. The van der Waals surface area contributed by atoms with Crippen LogP contribution < -0.4 is 10.6 Å². The molecule has 6 nitrogen and oxygen atoms in total. The Bertz CT molecular complexity index is 604. The molecule has 0 radical (unpaired) electrons. The van der Waals surface area contributed by atoms with E-state index in [1.807, 2.05) is 19.1 Å². The van der Waals surface area contributed by atoms with Crippen LogP contribution in [0.2, 0.25) is 0 Å². The molecule has 1 aromatic rings. The summed E-state index contributed by atoms with van der Waals surface area (Å²) in [5.41, 5.74) is 1.31. The van der Waals surface area contributed by atoms with Crippen LogP contribution in [0, 0.1) is 6.92 Å². The molecule has 25 heavy (non-hydrogen) atoms. The number of furan rings is 1. The third-order valence-electron chi connectivity index (χ3n) is 5.11. The van der Waals surface area contributed by atoms with Gasteiger partial charge in [0.25, 0.3) is 0 Å². The molecular formula is C19H30N4O2. The van der Waals surface area contributed by atoms with Gasteiger partial charge in [-0.1, -0.05) is 11.6 Å². The molecule has 0 unspecified atom stereocenters. The lowest BCUT2D eigenvalue weighted by Gasteiger charge is -2.26. The molecule has 0 saturated carbocycles. The zero-order chi connectivity index (χ0) is 17.6. The molecule has 2 aliphatic heterocycles. The highest BCUT2D eigenvalue weighted by molar-refractivity contribution is 5.74. The van der Waals surface area contributed by atoms with Gasteiger partial charge in [-0.3, -0.25) is 4.90 Å². The molecule has 0 spiro atoms. The fourth-order valence-corrected chi connectivity index (χ4v) is 3.51. The number of carbonyl (C=O) groups excluding carboxylic acids is 1. The fourth-order valence-electron chi connectivity index (χ4n) is 3.51. The summed E-state index contributed by atoms with van der Waals surface area (Å²) in [6, 6.07) is 4.03. The van der Waals surface area contributed by atoms with Gasteiger partial charge in [-0.2, -0.15) is 0 Å². The lowest BCUT2D eigenvalue weighted by atomic mass is 10.1. The predicted molar refractivity (Wildman–Crippen MR) is 98.6 cm³/mol. The van der Waals surface area contributed by atoms with Gasteiger partial charge < -0.3 is 20.0 Å². The molecule has 138 valence electrons. The number of nitrogens with one attached hydrogen (secondary N) is 2. The van der Waals surface area contributed by atoms with Gasteiger partial charge in [0.05, 0.1) is 6.04 Å². The summed E-state index contributed by atoms with van der Waals surface area (Å²) in [6.07, 6.45) is 5.66. The third kappa shape index (κ3) is 5.09. The average molecular weight is 346 g/mol. The minimum Gasteiger partial charge on any atom is -0.465 e. The number of rotatable bonds is 6. The van der Waals surface area contributed by atoms with Gasteiger partial charge in [-0.05, 0) is 58.5 Å². The first-order valence-corrected chi connectivity index (χ1v) is 9.30. The summed E-state index contributed by atoms with van der Waals surface area (Å²) in [5, 5.41) is 6.01. The van der Waals surface area contributed by atoms with Crippen LogP contribution in [-0.2, 0) is 0 Å². The van der Waals surface area contributed by atoms with Gasteiger partial charge in [0.2, 0.25) is 0 Å². The normalized spacial score (nSPS) is 20.3. The third-order valence-corrected chi connectivity index (χ3v) is 5.11. The second-order valence-corrected chi connectivity index (χ2v) is 7.15. The number of amides is 2. The zero-order valence-electron chi connectivity index (χ0n) is 15.4. The molecule has 1 aromatic heterocycles. The maximum atomic E-state index is 12.2. The number of hydrogen-bond donors (Lipinski definition) is 2. The molecule has 0 aromatic carbocycles. The Labute approximate surface area is 150 Å². The van der Waals surface area contributed by atoms with Gasteiger partial charge in [-0.25, -0.2) is 4.79 Å². The first-order valence-electron chi connectivity index (χ1n) is 9.30. The maximum absolute atomic E-state index is 12.2. The number of hydrogen-bond acceptors (Lipinski definition) is 4. The van der Waals surface area contributed by atoms with Crippen molar-refractivity contribution in [3.05, 3.63) is 35.3 Å². The summed E-state index contributed by atoms with van der Waals surface area (Å²) in [5.74, 6) is 1.86. The smallest absolute Gasteiger partial charge is 0.315 e. The van der Waals surface area contributed by atoms with Crippen molar-refractivity contribution >= 4 is 6.03 Å². The Morgan fingerprint density at radius 1 is 1.24 bits per heavy atom. The number of urea groups is 1. The molecule has 6 heteroatoms. The molecule has 2 N–H and O–H groups in total. The second-order valence-electron chi connectivity index (χ2n) is 7.15. The van der Waals surface area contributed by atoms with E-state index in [2.05, 4.69) is 33.6 Å². The van der Waals surface area contributed by atoms with Crippen LogP contribution >= 0.6 is 0 Å². The standard InChI is InChI=1S/C19H30N4O2/c1-15-5-6-18(25-15)17(23-9-3-4-10-23)14-21-19(24)20-13-16-7-11-22(2)12-8-16/h5-7,17H,3-4,8-14H2,1-2H3,(H2,20,21,24)/t17-/m0/s1. The van der Waals surface area contributed by atoms with E-state index in [1.54, 1.807) is 0 Å². The molecule has 3 rings (SSSR count). The molecule has 2 amide bonds. The minimum atomic E-state index is -0.104. The van der Waals surface area contributed by atoms with Crippen molar-refractivity contribution in [3.63, 3.8) is 0 Å². The number of nitrogens with zero attached hydrogens (tertiary/aromatic N) is 2. The van der Waals surface area contributed by atoms with Crippen molar-refractivity contribution in [2.24, 2.45) is 0 Å². The molecule has 3 heterocycles. The molecule has 1 fully saturated rings. The van der Waals surface area contributed by atoms with Crippen LogP contribution in [0.1, 0.15) is 36.8 Å². The Balaban J connectivity index is 1.49. The summed E-state index contributed by atoms with van der Waals surface area (Å²) < 4.78 is 5.83. The van der Waals surface area contributed by atoms with Gasteiger partial charge in [-0.15, -0.1) is 0 Å². The Morgan fingerprint density at radius 2 is 2.04 bits per heavy atom. The highest BCUT2D eigenvalue weighted by Gasteiger charge is 2.26. The topological polar surface area (TPSA) is 60.8 Å². The van der Waals surface area contributed by atoms with E-state index < -0.39 is 0 Å². The van der Waals surface area contributed by atoms with Crippen molar-refractivity contribution in [1.82, 2.24) is 20.4 Å². The molecule has 1 saturated heterocycles. The molecule has 0 bridgehead atoms. The maximum Gasteiger partial charge on any atom is 0.315 e. The average Bonchev–Trinajstić information content (AvgIpc) is 3.27. The van der Waals surface area contributed by atoms with E-state index in [0.29, 0.717) is 13.1 Å². The lowest BCUT2D eigenvalue weighted by Crippen LogP contribution is -2.42. The van der Waals surface area contributed by atoms with Crippen molar-refractivity contribution in [1.29, 1.82) is 0 Å².